The van der Waals surface area contributed by atoms with Gasteiger partial charge in [-0.15, -0.1) is 11.8 Å². The molecule has 0 spiro atoms. The number of nitrogens with zero attached hydrogens (tertiary/aromatic N) is 2. The number of benzene rings is 1. The highest BCUT2D eigenvalue weighted by Gasteiger charge is 2.17. The molecule has 1 aliphatic carbocycles. The van der Waals surface area contributed by atoms with Crippen LogP contribution in [0.2, 0.25) is 0 Å². The summed E-state index contributed by atoms with van der Waals surface area (Å²) in [6.07, 6.45) is 3.28. The molecule has 0 unspecified atom stereocenters. The van der Waals surface area contributed by atoms with Crippen LogP contribution in [0.15, 0.2) is 35.4 Å². The molecular formula is C20H22N2S. The molecule has 0 radical (unpaired) electrons. The Kier molecular flexibility index (Phi) is 4.46. The fraction of sp³-hybridized carbons (Fsp3) is 0.400. The molecule has 3 rings (SSSR count). The first-order valence-electron chi connectivity index (χ1n) is 8.12. The van der Waals surface area contributed by atoms with Gasteiger partial charge in [-0.2, -0.15) is 5.26 Å². The standard InChI is InChI=1S/C20H22N2S/c1-20(2,3)17-9-7-14(8-10-17)13-23-19-16(12-21)11-15-5-4-6-18(15)22-19/h7-11H,4-6,13H2,1-3H3. The van der Waals surface area contributed by atoms with E-state index in [0.29, 0.717) is 0 Å². The lowest BCUT2D eigenvalue weighted by Crippen LogP contribution is -2.10. The summed E-state index contributed by atoms with van der Waals surface area (Å²) in [7, 11) is 0. The average molecular weight is 322 g/mol. The number of rotatable bonds is 3. The molecule has 1 aliphatic rings. The van der Waals surface area contributed by atoms with Gasteiger partial charge in [0.1, 0.15) is 11.1 Å². The fourth-order valence-corrected chi connectivity index (χ4v) is 3.83. The zero-order valence-electron chi connectivity index (χ0n) is 14.0. The van der Waals surface area contributed by atoms with Crippen molar-refractivity contribution in [1.29, 1.82) is 5.26 Å². The van der Waals surface area contributed by atoms with Gasteiger partial charge in [0.15, 0.2) is 0 Å². The van der Waals surface area contributed by atoms with E-state index in [9.17, 15) is 5.26 Å². The van der Waals surface area contributed by atoms with Gasteiger partial charge in [-0.25, -0.2) is 4.98 Å². The molecule has 0 saturated carbocycles. The van der Waals surface area contributed by atoms with Crippen molar-refractivity contribution in [2.75, 3.05) is 0 Å². The Bertz CT molecular complexity index is 749. The monoisotopic (exact) mass is 322 g/mol. The smallest absolute Gasteiger partial charge is 0.114 e. The largest absolute Gasteiger partial charge is 0.245 e. The van der Waals surface area contributed by atoms with E-state index in [-0.39, 0.29) is 5.41 Å². The summed E-state index contributed by atoms with van der Waals surface area (Å²) >= 11 is 1.67. The summed E-state index contributed by atoms with van der Waals surface area (Å²) in [6, 6.07) is 13.1. The Labute approximate surface area is 143 Å². The minimum atomic E-state index is 0.182. The van der Waals surface area contributed by atoms with Crippen molar-refractivity contribution in [3.63, 3.8) is 0 Å². The van der Waals surface area contributed by atoms with Gasteiger partial charge in [0, 0.05) is 11.4 Å². The average Bonchev–Trinajstić information content (AvgIpc) is 2.98. The molecule has 0 saturated heterocycles. The van der Waals surface area contributed by atoms with Crippen LogP contribution in [0, 0.1) is 11.3 Å². The van der Waals surface area contributed by atoms with E-state index in [1.807, 2.05) is 6.07 Å². The molecule has 23 heavy (non-hydrogen) atoms. The van der Waals surface area contributed by atoms with Crippen molar-refractivity contribution in [1.82, 2.24) is 4.98 Å². The van der Waals surface area contributed by atoms with Gasteiger partial charge >= 0.3 is 0 Å². The predicted octanol–water partition coefficient (Wildman–Crippen LogP) is 5.03. The molecule has 0 N–H and O–H groups in total. The molecule has 1 aromatic heterocycles. The van der Waals surface area contributed by atoms with Gasteiger partial charge in [-0.3, -0.25) is 0 Å². The van der Waals surface area contributed by atoms with Crippen LogP contribution in [0.25, 0.3) is 0 Å². The summed E-state index contributed by atoms with van der Waals surface area (Å²) < 4.78 is 0. The highest BCUT2D eigenvalue weighted by molar-refractivity contribution is 7.98. The molecule has 118 valence electrons. The second-order valence-corrected chi connectivity index (χ2v) is 8.11. The van der Waals surface area contributed by atoms with E-state index >= 15 is 0 Å². The Morgan fingerprint density at radius 1 is 1.17 bits per heavy atom. The van der Waals surface area contributed by atoms with Crippen molar-refractivity contribution in [3.05, 3.63) is 58.3 Å². The van der Waals surface area contributed by atoms with Gasteiger partial charge in [-0.1, -0.05) is 45.0 Å². The molecule has 3 heteroatoms. The number of thioether (sulfide) groups is 1. The van der Waals surface area contributed by atoms with Crippen LogP contribution in [0.1, 0.15) is 55.1 Å². The highest BCUT2D eigenvalue weighted by atomic mass is 32.2. The van der Waals surface area contributed by atoms with E-state index in [0.717, 1.165) is 35.6 Å². The van der Waals surface area contributed by atoms with Crippen LogP contribution >= 0.6 is 11.8 Å². The minimum absolute atomic E-state index is 0.182. The van der Waals surface area contributed by atoms with Crippen molar-refractivity contribution < 1.29 is 0 Å². The number of pyridine rings is 1. The summed E-state index contributed by atoms with van der Waals surface area (Å²) in [4.78, 5) is 4.74. The van der Waals surface area contributed by atoms with Gasteiger partial charge in [-0.05, 0) is 47.4 Å². The van der Waals surface area contributed by atoms with Crippen LogP contribution in [0.3, 0.4) is 0 Å². The van der Waals surface area contributed by atoms with Gasteiger partial charge in [0.2, 0.25) is 0 Å². The van der Waals surface area contributed by atoms with E-state index in [1.165, 1.54) is 22.4 Å². The summed E-state index contributed by atoms with van der Waals surface area (Å²) in [5, 5.41) is 10.3. The number of aromatic nitrogens is 1. The quantitative estimate of drug-likeness (QED) is 0.743. The Balaban J connectivity index is 1.75. The zero-order valence-corrected chi connectivity index (χ0v) is 14.8. The fourth-order valence-electron chi connectivity index (χ4n) is 2.90. The SMILES string of the molecule is CC(C)(C)c1ccc(CSc2nc3c(cc2C#N)CCC3)cc1. The lowest BCUT2D eigenvalue weighted by Gasteiger charge is -2.19. The molecule has 1 aromatic carbocycles. The van der Waals surface area contributed by atoms with Gasteiger partial charge in [0.25, 0.3) is 0 Å². The molecular weight excluding hydrogens is 300 g/mol. The van der Waals surface area contributed by atoms with Crippen molar-refractivity contribution >= 4 is 11.8 Å². The third-order valence-electron chi connectivity index (χ3n) is 4.33. The normalized spacial score (nSPS) is 13.7. The molecule has 1 heterocycles. The second-order valence-electron chi connectivity index (χ2n) is 7.15. The number of nitriles is 1. The maximum absolute atomic E-state index is 9.37. The molecule has 2 aromatic rings. The van der Waals surface area contributed by atoms with Crippen LogP contribution in [-0.4, -0.2) is 4.98 Å². The zero-order chi connectivity index (χ0) is 16.4. The Morgan fingerprint density at radius 2 is 1.91 bits per heavy atom. The maximum Gasteiger partial charge on any atom is 0.114 e. The van der Waals surface area contributed by atoms with Gasteiger partial charge in [0.05, 0.1) is 5.56 Å². The molecule has 0 bridgehead atoms. The molecule has 2 nitrogen and oxygen atoms in total. The Morgan fingerprint density at radius 3 is 2.57 bits per heavy atom. The number of fused-ring (bicyclic) bond motifs is 1. The lowest BCUT2D eigenvalue weighted by atomic mass is 9.87. The lowest BCUT2D eigenvalue weighted by molar-refractivity contribution is 0.590. The van der Waals surface area contributed by atoms with Crippen molar-refractivity contribution in [3.8, 4) is 6.07 Å². The van der Waals surface area contributed by atoms with Crippen molar-refractivity contribution in [2.45, 2.75) is 56.2 Å². The van der Waals surface area contributed by atoms with Crippen LogP contribution < -0.4 is 0 Å². The van der Waals surface area contributed by atoms with E-state index in [1.54, 1.807) is 11.8 Å². The first-order chi connectivity index (χ1) is 11.0. The van der Waals surface area contributed by atoms with Gasteiger partial charge < -0.3 is 0 Å². The third-order valence-corrected chi connectivity index (χ3v) is 5.39. The summed E-state index contributed by atoms with van der Waals surface area (Å²) in [5.74, 6) is 0.852. The summed E-state index contributed by atoms with van der Waals surface area (Å²) in [6.45, 7) is 6.68. The highest BCUT2D eigenvalue weighted by Crippen LogP contribution is 2.30. The van der Waals surface area contributed by atoms with E-state index < -0.39 is 0 Å². The van der Waals surface area contributed by atoms with Crippen molar-refractivity contribution in [2.24, 2.45) is 0 Å². The van der Waals surface area contributed by atoms with Crippen LogP contribution in [-0.2, 0) is 24.0 Å². The van der Waals surface area contributed by atoms with Crippen LogP contribution in [0.5, 0.6) is 0 Å². The minimum Gasteiger partial charge on any atom is -0.245 e. The van der Waals surface area contributed by atoms with Crippen LogP contribution in [0.4, 0.5) is 0 Å². The maximum atomic E-state index is 9.37. The van der Waals surface area contributed by atoms with E-state index in [4.69, 9.17) is 4.98 Å². The second kappa shape index (κ2) is 6.37. The number of hydrogen-bond acceptors (Lipinski definition) is 3. The number of aryl methyl sites for hydroxylation is 2. The van der Waals surface area contributed by atoms with E-state index in [2.05, 4.69) is 51.1 Å². The predicted molar refractivity (Wildman–Crippen MR) is 95.7 cm³/mol. The first kappa shape index (κ1) is 16.1. The molecule has 0 aliphatic heterocycles. The molecule has 0 atom stereocenters. The number of hydrogen-bond donors (Lipinski definition) is 0. The Hall–Kier alpha value is -1.79. The third kappa shape index (κ3) is 3.59. The summed E-state index contributed by atoms with van der Waals surface area (Å²) in [5.41, 5.74) is 5.98. The topological polar surface area (TPSA) is 36.7 Å². The molecule has 0 fully saturated rings. The first-order valence-corrected chi connectivity index (χ1v) is 9.11. The molecule has 0 amide bonds.